The highest BCUT2D eigenvalue weighted by Crippen LogP contribution is 2.23. The van der Waals surface area contributed by atoms with Crippen LogP contribution in [0.5, 0.6) is 0 Å². The monoisotopic (exact) mass is 292 g/mol. The van der Waals surface area contributed by atoms with Crippen LogP contribution >= 0.6 is 0 Å². The zero-order valence-electron chi connectivity index (χ0n) is 11.3. The van der Waals surface area contributed by atoms with Gasteiger partial charge in [0.15, 0.2) is 0 Å². The normalized spacial score (nSPS) is 10.4. The quantitative estimate of drug-likeness (QED) is 0.630. The number of nitro groups is 1. The minimum atomic E-state index is -1.28. The lowest BCUT2D eigenvalue weighted by atomic mass is 10.2. The van der Waals surface area contributed by atoms with Crippen LogP contribution < -0.4 is 5.32 Å². The third kappa shape index (κ3) is 3.14. The molecule has 0 amide bonds. The second-order valence-electron chi connectivity index (χ2n) is 4.26. The van der Waals surface area contributed by atoms with Crippen molar-refractivity contribution in [2.75, 3.05) is 5.32 Å². The lowest BCUT2D eigenvalue weighted by Crippen LogP contribution is -2.07. The molecule has 0 atom stereocenters. The number of rotatable bonds is 5. The van der Waals surface area contributed by atoms with Gasteiger partial charge in [0.2, 0.25) is 11.7 Å². The van der Waals surface area contributed by atoms with E-state index in [1.165, 1.54) is 0 Å². The van der Waals surface area contributed by atoms with Crippen molar-refractivity contribution in [2.24, 2.45) is 0 Å². The molecule has 2 aromatic rings. The van der Waals surface area contributed by atoms with Crippen molar-refractivity contribution in [3.63, 3.8) is 0 Å². The molecule has 110 valence electrons. The van der Waals surface area contributed by atoms with Gasteiger partial charge in [-0.15, -0.1) is 0 Å². The highest BCUT2D eigenvalue weighted by atomic mass is 16.6. The number of hydrogen-bond donors (Lipinski definition) is 2. The van der Waals surface area contributed by atoms with Gasteiger partial charge in [0.25, 0.3) is 0 Å². The molecule has 9 nitrogen and oxygen atoms in total. The summed E-state index contributed by atoms with van der Waals surface area (Å²) in [4.78, 5) is 28.9. The largest absolute Gasteiger partial charge is 0.478 e. The number of pyridine rings is 1. The van der Waals surface area contributed by atoms with Crippen LogP contribution in [-0.4, -0.2) is 26.0 Å². The number of hydrogen-bond acceptors (Lipinski definition) is 7. The summed E-state index contributed by atoms with van der Waals surface area (Å²) in [6.45, 7) is 3.65. The van der Waals surface area contributed by atoms with E-state index in [0.717, 1.165) is 18.0 Å². The third-order valence-corrected chi connectivity index (χ3v) is 2.79. The van der Waals surface area contributed by atoms with Crippen molar-refractivity contribution in [1.29, 1.82) is 0 Å². The maximum atomic E-state index is 11.0. The Morgan fingerprint density at radius 1 is 1.52 bits per heavy atom. The number of carbonyl (C=O) groups is 1. The highest BCUT2D eigenvalue weighted by Gasteiger charge is 2.19. The highest BCUT2D eigenvalue weighted by molar-refractivity contribution is 5.88. The van der Waals surface area contributed by atoms with Gasteiger partial charge in [0.1, 0.15) is 5.76 Å². The van der Waals surface area contributed by atoms with Crippen LogP contribution in [0.3, 0.4) is 0 Å². The number of oxazole rings is 1. The molecule has 0 saturated carbocycles. The lowest BCUT2D eigenvalue weighted by molar-refractivity contribution is -0.384. The molecule has 0 aliphatic heterocycles. The fourth-order valence-corrected chi connectivity index (χ4v) is 1.62. The Morgan fingerprint density at radius 3 is 2.76 bits per heavy atom. The van der Waals surface area contributed by atoms with Gasteiger partial charge in [-0.2, -0.15) is 0 Å². The predicted molar refractivity (Wildman–Crippen MR) is 71.2 cm³/mol. The SMILES string of the molecule is Cc1nc(CNc2ncc(C(=O)O)cc2[N+](=O)[O-])oc1C. The van der Waals surface area contributed by atoms with Crippen LogP contribution in [0.25, 0.3) is 0 Å². The fraction of sp³-hybridized carbons (Fsp3) is 0.250. The topological polar surface area (TPSA) is 131 Å². The molecule has 0 spiro atoms. The summed E-state index contributed by atoms with van der Waals surface area (Å²) in [5.41, 5.74) is 0.0560. The van der Waals surface area contributed by atoms with Crippen molar-refractivity contribution < 1.29 is 19.2 Å². The summed E-state index contributed by atoms with van der Waals surface area (Å²) >= 11 is 0. The van der Waals surface area contributed by atoms with E-state index in [-0.39, 0.29) is 17.9 Å². The molecule has 2 aromatic heterocycles. The van der Waals surface area contributed by atoms with E-state index in [2.05, 4.69) is 15.3 Å². The van der Waals surface area contributed by atoms with Gasteiger partial charge >= 0.3 is 11.7 Å². The van der Waals surface area contributed by atoms with Gasteiger partial charge < -0.3 is 14.8 Å². The molecule has 0 saturated heterocycles. The first-order valence-corrected chi connectivity index (χ1v) is 5.93. The Bertz CT molecular complexity index is 690. The predicted octanol–water partition coefficient (Wildman–Crippen LogP) is 1.90. The van der Waals surface area contributed by atoms with Crippen LogP contribution in [0, 0.1) is 24.0 Å². The average Bonchev–Trinajstić information content (AvgIpc) is 2.75. The maximum Gasteiger partial charge on any atom is 0.337 e. The van der Waals surface area contributed by atoms with Gasteiger partial charge in [-0.05, 0) is 13.8 Å². The molecule has 2 heterocycles. The van der Waals surface area contributed by atoms with Crippen molar-refractivity contribution in [3.8, 4) is 0 Å². The second-order valence-corrected chi connectivity index (χ2v) is 4.26. The van der Waals surface area contributed by atoms with E-state index >= 15 is 0 Å². The molecule has 0 fully saturated rings. The summed E-state index contributed by atoms with van der Waals surface area (Å²) in [7, 11) is 0. The van der Waals surface area contributed by atoms with E-state index in [4.69, 9.17) is 9.52 Å². The van der Waals surface area contributed by atoms with Gasteiger partial charge in [-0.3, -0.25) is 10.1 Å². The number of nitrogens with one attached hydrogen (secondary N) is 1. The first kappa shape index (κ1) is 14.4. The number of aryl methyl sites for hydroxylation is 2. The van der Waals surface area contributed by atoms with E-state index < -0.39 is 16.6 Å². The number of nitrogens with zero attached hydrogens (tertiary/aromatic N) is 3. The molecule has 0 aliphatic carbocycles. The smallest absolute Gasteiger partial charge is 0.337 e. The van der Waals surface area contributed by atoms with Crippen molar-refractivity contribution in [1.82, 2.24) is 9.97 Å². The fourth-order valence-electron chi connectivity index (χ4n) is 1.62. The molecule has 0 unspecified atom stereocenters. The number of carboxylic acids is 1. The number of anilines is 1. The second kappa shape index (κ2) is 5.57. The molecule has 0 bridgehead atoms. The summed E-state index contributed by atoms with van der Waals surface area (Å²) in [6, 6.07) is 0.948. The van der Waals surface area contributed by atoms with Crippen molar-refractivity contribution in [2.45, 2.75) is 20.4 Å². The molecule has 0 aliphatic rings. The van der Waals surface area contributed by atoms with Crippen molar-refractivity contribution >= 4 is 17.5 Å². The zero-order valence-corrected chi connectivity index (χ0v) is 11.3. The zero-order chi connectivity index (χ0) is 15.6. The third-order valence-electron chi connectivity index (χ3n) is 2.79. The van der Waals surface area contributed by atoms with E-state index in [0.29, 0.717) is 11.7 Å². The van der Waals surface area contributed by atoms with Crippen LogP contribution in [0.2, 0.25) is 0 Å². The number of aromatic carboxylic acids is 1. The average molecular weight is 292 g/mol. The number of carboxylic acid groups (broad SMARTS) is 1. The molecule has 21 heavy (non-hydrogen) atoms. The van der Waals surface area contributed by atoms with Crippen LogP contribution in [0.15, 0.2) is 16.7 Å². The molecule has 0 aromatic carbocycles. The summed E-state index contributed by atoms with van der Waals surface area (Å²) in [5, 5.41) is 22.5. The summed E-state index contributed by atoms with van der Waals surface area (Å²) in [6.07, 6.45) is 1.05. The molecular weight excluding hydrogens is 280 g/mol. The van der Waals surface area contributed by atoms with Gasteiger partial charge in [-0.25, -0.2) is 14.8 Å². The van der Waals surface area contributed by atoms with Gasteiger partial charge in [0.05, 0.1) is 22.7 Å². The minimum absolute atomic E-state index is 0.0430. The van der Waals surface area contributed by atoms with E-state index in [9.17, 15) is 14.9 Å². The standard InChI is InChI=1S/C12H12N4O5/c1-6-7(2)21-10(15-6)5-14-11-9(16(19)20)3-8(4-13-11)12(17)18/h3-4H,5H2,1-2H3,(H,13,14)(H,17,18). The van der Waals surface area contributed by atoms with Crippen LogP contribution in [0.1, 0.15) is 27.7 Å². The van der Waals surface area contributed by atoms with Crippen molar-refractivity contribution in [3.05, 3.63) is 45.3 Å². The molecular formula is C12H12N4O5. The Balaban J connectivity index is 2.23. The first-order chi connectivity index (χ1) is 9.88. The van der Waals surface area contributed by atoms with E-state index in [1.807, 2.05) is 0 Å². The molecule has 2 N–H and O–H groups in total. The van der Waals surface area contributed by atoms with Gasteiger partial charge in [0, 0.05) is 12.3 Å². The lowest BCUT2D eigenvalue weighted by Gasteiger charge is -2.04. The maximum absolute atomic E-state index is 11.0. The Kier molecular flexibility index (Phi) is 3.83. The van der Waals surface area contributed by atoms with E-state index in [1.54, 1.807) is 13.8 Å². The summed E-state index contributed by atoms with van der Waals surface area (Å²) in [5.74, 6) is -0.298. The summed E-state index contributed by atoms with van der Waals surface area (Å²) < 4.78 is 5.33. The Hall–Kier alpha value is -2.97. The van der Waals surface area contributed by atoms with Gasteiger partial charge in [-0.1, -0.05) is 0 Å². The first-order valence-electron chi connectivity index (χ1n) is 5.93. The molecule has 9 heteroatoms. The van der Waals surface area contributed by atoms with Crippen LogP contribution in [0.4, 0.5) is 11.5 Å². The number of aromatic nitrogens is 2. The Morgan fingerprint density at radius 2 is 2.24 bits per heavy atom. The molecule has 2 rings (SSSR count). The van der Waals surface area contributed by atoms with Crippen LogP contribution in [-0.2, 0) is 6.54 Å². The minimum Gasteiger partial charge on any atom is -0.478 e. The Labute approximate surface area is 118 Å². The molecule has 0 radical (unpaired) electrons.